The van der Waals surface area contributed by atoms with Gasteiger partial charge in [0.15, 0.2) is 0 Å². The van der Waals surface area contributed by atoms with Crippen LogP contribution in [0.3, 0.4) is 0 Å². The van der Waals surface area contributed by atoms with E-state index in [4.69, 9.17) is 17.3 Å². The van der Waals surface area contributed by atoms with E-state index in [0.29, 0.717) is 5.82 Å². The van der Waals surface area contributed by atoms with Crippen molar-refractivity contribution in [3.63, 3.8) is 0 Å². The van der Waals surface area contributed by atoms with Gasteiger partial charge < -0.3 is 11.1 Å². The average molecular weight is 277 g/mol. The second kappa shape index (κ2) is 6.38. The summed E-state index contributed by atoms with van der Waals surface area (Å²) in [6, 6.07) is 9.59. The fourth-order valence-electron chi connectivity index (χ4n) is 1.75. The molecule has 100 valence electrons. The van der Waals surface area contributed by atoms with E-state index in [1.807, 2.05) is 31.2 Å². The van der Waals surface area contributed by atoms with Gasteiger partial charge in [-0.05, 0) is 24.1 Å². The number of rotatable bonds is 5. The van der Waals surface area contributed by atoms with Crippen molar-refractivity contribution in [1.29, 1.82) is 0 Å². The normalized spacial score (nSPS) is 10.4. The summed E-state index contributed by atoms with van der Waals surface area (Å²) in [5.74, 6) is 2.04. The van der Waals surface area contributed by atoms with Gasteiger partial charge in [-0.2, -0.15) is 0 Å². The van der Waals surface area contributed by atoms with Crippen molar-refractivity contribution in [1.82, 2.24) is 9.97 Å². The molecule has 0 bridgehead atoms. The molecule has 0 unspecified atom stereocenters. The van der Waals surface area contributed by atoms with Crippen molar-refractivity contribution < 1.29 is 0 Å². The highest BCUT2D eigenvalue weighted by molar-refractivity contribution is 6.30. The molecule has 0 amide bonds. The standard InChI is InChI=1S/C14H17ClN4/c1-2-13-18-12(16)9-14(19-13)17-8-7-10-3-5-11(15)6-4-10/h3-6,9H,2,7-8H2,1H3,(H3,16,17,18,19). The molecule has 2 rings (SSSR count). The molecule has 1 aromatic carbocycles. The minimum absolute atomic E-state index is 0.501. The molecule has 0 saturated heterocycles. The Hall–Kier alpha value is -1.81. The molecule has 19 heavy (non-hydrogen) atoms. The van der Waals surface area contributed by atoms with Gasteiger partial charge in [-0.15, -0.1) is 0 Å². The highest BCUT2D eigenvalue weighted by atomic mass is 35.5. The lowest BCUT2D eigenvalue weighted by Crippen LogP contribution is -2.09. The number of halogens is 1. The number of aromatic nitrogens is 2. The molecule has 5 heteroatoms. The van der Waals surface area contributed by atoms with Crippen LogP contribution in [0.4, 0.5) is 11.6 Å². The van der Waals surface area contributed by atoms with Crippen LogP contribution in [0.15, 0.2) is 30.3 Å². The minimum atomic E-state index is 0.501. The Bertz CT molecular complexity index is 540. The van der Waals surface area contributed by atoms with Crippen LogP contribution in [0.2, 0.25) is 5.02 Å². The Morgan fingerprint density at radius 2 is 1.95 bits per heavy atom. The van der Waals surface area contributed by atoms with Crippen molar-refractivity contribution >= 4 is 23.2 Å². The fraction of sp³-hybridized carbons (Fsp3) is 0.286. The highest BCUT2D eigenvalue weighted by Gasteiger charge is 2.01. The summed E-state index contributed by atoms with van der Waals surface area (Å²) in [7, 11) is 0. The summed E-state index contributed by atoms with van der Waals surface area (Å²) in [5, 5.41) is 4.02. The molecular weight excluding hydrogens is 260 g/mol. The average Bonchev–Trinajstić information content (AvgIpc) is 2.40. The third kappa shape index (κ3) is 4.10. The van der Waals surface area contributed by atoms with E-state index in [9.17, 15) is 0 Å². The van der Waals surface area contributed by atoms with Crippen molar-refractivity contribution in [3.8, 4) is 0 Å². The van der Waals surface area contributed by atoms with Gasteiger partial charge in [-0.25, -0.2) is 9.97 Å². The zero-order valence-corrected chi connectivity index (χ0v) is 11.6. The van der Waals surface area contributed by atoms with Gasteiger partial charge in [-0.3, -0.25) is 0 Å². The number of nitrogens with one attached hydrogen (secondary N) is 1. The Balaban J connectivity index is 1.92. The molecule has 0 aliphatic rings. The summed E-state index contributed by atoms with van der Waals surface area (Å²) >= 11 is 5.85. The molecule has 0 saturated carbocycles. The number of benzene rings is 1. The maximum atomic E-state index is 5.85. The summed E-state index contributed by atoms with van der Waals surface area (Å²) in [6.07, 6.45) is 1.68. The summed E-state index contributed by atoms with van der Waals surface area (Å²) in [4.78, 5) is 8.51. The number of aryl methyl sites for hydroxylation is 1. The quantitative estimate of drug-likeness (QED) is 0.881. The molecule has 0 spiro atoms. The van der Waals surface area contributed by atoms with Crippen molar-refractivity contribution in [2.24, 2.45) is 0 Å². The van der Waals surface area contributed by atoms with E-state index in [1.165, 1.54) is 5.56 Å². The van der Waals surface area contributed by atoms with E-state index in [2.05, 4.69) is 15.3 Å². The van der Waals surface area contributed by atoms with Gasteiger partial charge in [0.05, 0.1) is 0 Å². The minimum Gasteiger partial charge on any atom is -0.384 e. The Morgan fingerprint density at radius 1 is 1.21 bits per heavy atom. The topological polar surface area (TPSA) is 63.8 Å². The van der Waals surface area contributed by atoms with Crippen molar-refractivity contribution in [2.75, 3.05) is 17.6 Å². The third-order valence-corrected chi connectivity index (χ3v) is 2.99. The SMILES string of the molecule is CCc1nc(N)cc(NCCc2ccc(Cl)cc2)n1. The lowest BCUT2D eigenvalue weighted by Gasteiger charge is -2.08. The van der Waals surface area contributed by atoms with Crippen LogP contribution in [0.5, 0.6) is 0 Å². The van der Waals surface area contributed by atoms with Crippen LogP contribution in [-0.4, -0.2) is 16.5 Å². The first-order chi connectivity index (χ1) is 9.17. The van der Waals surface area contributed by atoms with E-state index in [1.54, 1.807) is 6.07 Å². The van der Waals surface area contributed by atoms with E-state index in [0.717, 1.165) is 36.1 Å². The first kappa shape index (κ1) is 13.6. The number of nitrogen functional groups attached to an aromatic ring is 1. The molecule has 4 nitrogen and oxygen atoms in total. The Labute approximate surface area is 118 Å². The van der Waals surface area contributed by atoms with Gasteiger partial charge >= 0.3 is 0 Å². The largest absolute Gasteiger partial charge is 0.384 e. The van der Waals surface area contributed by atoms with Crippen molar-refractivity contribution in [2.45, 2.75) is 19.8 Å². The second-order valence-corrected chi connectivity index (χ2v) is 4.69. The van der Waals surface area contributed by atoms with Crippen molar-refractivity contribution in [3.05, 3.63) is 46.7 Å². The van der Waals surface area contributed by atoms with E-state index < -0.39 is 0 Å². The first-order valence-corrected chi connectivity index (χ1v) is 6.67. The second-order valence-electron chi connectivity index (χ2n) is 4.25. The number of nitrogens with zero attached hydrogens (tertiary/aromatic N) is 2. The summed E-state index contributed by atoms with van der Waals surface area (Å²) in [6.45, 7) is 2.80. The molecule has 0 fully saturated rings. The van der Waals surface area contributed by atoms with Crippen LogP contribution in [0.25, 0.3) is 0 Å². The highest BCUT2D eigenvalue weighted by Crippen LogP contribution is 2.11. The molecule has 0 aliphatic carbocycles. The lowest BCUT2D eigenvalue weighted by molar-refractivity contribution is 0.930. The number of hydrogen-bond donors (Lipinski definition) is 2. The third-order valence-electron chi connectivity index (χ3n) is 2.74. The monoisotopic (exact) mass is 276 g/mol. The molecule has 2 aromatic rings. The first-order valence-electron chi connectivity index (χ1n) is 6.29. The molecule has 1 aromatic heterocycles. The molecular formula is C14H17ClN4. The predicted molar refractivity (Wildman–Crippen MR) is 79.5 cm³/mol. The molecule has 0 radical (unpaired) electrons. The van der Waals surface area contributed by atoms with Gasteiger partial charge in [-0.1, -0.05) is 30.7 Å². The Kier molecular flexibility index (Phi) is 4.58. The number of anilines is 2. The van der Waals surface area contributed by atoms with Gasteiger partial charge in [0.25, 0.3) is 0 Å². The predicted octanol–water partition coefficient (Wildman–Crippen LogP) is 2.93. The van der Waals surface area contributed by atoms with E-state index in [-0.39, 0.29) is 0 Å². The fourth-order valence-corrected chi connectivity index (χ4v) is 1.88. The number of hydrogen-bond acceptors (Lipinski definition) is 4. The van der Waals surface area contributed by atoms with Crippen LogP contribution in [0.1, 0.15) is 18.3 Å². The zero-order chi connectivity index (χ0) is 13.7. The van der Waals surface area contributed by atoms with Crippen LogP contribution < -0.4 is 11.1 Å². The Morgan fingerprint density at radius 3 is 2.63 bits per heavy atom. The molecule has 1 heterocycles. The molecule has 0 aliphatic heterocycles. The maximum Gasteiger partial charge on any atom is 0.132 e. The summed E-state index contributed by atoms with van der Waals surface area (Å²) in [5.41, 5.74) is 6.96. The van der Waals surface area contributed by atoms with Gasteiger partial charge in [0, 0.05) is 24.1 Å². The lowest BCUT2D eigenvalue weighted by atomic mass is 10.1. The van der Waals surface area contributed by atoms with E-state index >= 15 is 0 Å². The summed E-state index contributed by atoms with van der Waals surface area (Å²) < 4.78 is 0. The van der Waals surface area contributed by atoms with Crippen LogP contribution >= 0.6 is 11.6 Å². The van der Waals surface area contributed by atoms with Gasteiger partial charge in [0.1, 0.15) is 17.5 Å². The van der Waals surface area contributed by atoms with Crippen LogP contribution in [-0.2, 0) is 12.8 Å². The smallest absolute Gasteiger partial charge is 0.132 e. The maximum absolute atomic E-state index is 5.85. The van der Waals surface area contributed by atoms with Gasteiger partial charge in [0.2, 0.25) is 0 Å². The zero-order valence-electron chi connectivity index (χ0n) is 10.9. The molecule has 3 N–H and O–H groups in total. The molecule has 0 atom stereocenters. The van der Waals surface area contributed by atoms with Crippen LogP contribution in [0, 0.1) is 0 Å². The number of nitrogens with two attached hydrogens (primary N) is 1.